The lowest BCUT2D eigenvalue weighted by Gasteiger charge is -2.10. The Balaban J connectivity index is 1.11. The van der Waals surface area contributed by atoms with Crippen LogP contribution < -0.4 is 0 Å². The average molecular weight is 681 g/mol. The summed E-state index contributed by atoms with van der Waals surface area (Å²) in [5.41, 5.74) is 9.90. The van der Waals surface area contributed by atoms with Crippen molar-refractivity contribution in [3.05, 3.63) is 164 Å². The Labute approximate surface area is 302 Å². The monoisotopic (exact) mass is 680 g/mol. The van der Waals surface area contributed by atoms with Gasteiger partial charge in [0.25, 0.3) is 0 Å². The third-order valence-electron chi connectivity index (χ3n) is 10.3. The lowest BCUT2D eigenvalue weighted by Crippen LogP contribution is -2.00. The van der Waals surface area contributed by atoms with Gasteiger partial charge in [-0.05, 0) is 60.7 Å². The molecule has 11 aromatic rings. The number of pyridine rings is 2. The van der Waals surface area contributed by atoms with Gasteiger partial charge < -0.3 is 9.67 Å². The second kappa shape index (κ2) is 11.3. The maximum absolute atomic E-state index is 10.6. The molecule has 5 aromatic heterocycles. The minimum absolute atomic E-state index is 0.189. The first kappa shape index (κ1) is 29.4. The summed E-state index contributed by atoms with van der Waals surface area (Å²) in [6, 6.07) is 53.7. The average Bonchev–Trinajstić information content (AvgIpc) is 3.72. The van der Waals surface area contributed by atoms with Gasteiger partial charge >= 0.3 is 0 Å². The number of phenolic OH excluding ortho intramolecular Hbond substituents is 1. The van der Waals surface area contributed by atoms with Crippen molar-refractivity contribution in [2.24, 2.45) is 0 Å². The lowest BCUT2D eigenvalue weighted by molar-refractivity contribution is 0.477. The Morgan fingerprint density at radius 1 is 0.415 bits per heavy atom. The summed E-state index contributed by atoms with van der Waals surface area (Å²) in [4.78, 5) is 19.7. The van der Waals surface area contributed by atoms with Crippen molar-refractivity contribution in [3.8, 4) is 39.9 Å². The highest BCUT2D eigenvalue weighted by molar-refractivity contribution is 6.19. The Morgan fingerprint density at radius 2 is 0.981 bits per heavy atom. The fraction of sp³-hybridized carbons (Fsp3) is 0. The molecule has 0 aliphatic heterocycles. The molecule has 0 unspecified atom stereocenters. The second-order valence-electron chi connectivity index (χ2n) is 13.3. The molecule has 0 spiro atoms. The highest BCUT2D eigenvalue weighted by Crippen LogP contribution is 2.40. The smallest absolute Gasteiger partial charge is 0.141 e. The first-order chi connectivity index (χ1) is 26.2. The van der Waals surface area contributed by atoms with Crippen LogP contribution in [0, 0.1) is 0 Å². The Hall–Kier alpha value is -7.38. The van der Waals surface area contributed by atoms with Crippen LogP contribution in [0.2, 0.25) is 0 Å². The molecule has 0 aliphatic rings. The molecule has 0 bridgehead atoms. The first-order valence-corrected chi connectivity index (χ1v) is 17.5. The third-order valence-corrected chi connectivity index (χ3v) is 10.3. The van der Waals surface area contributed by atoms with E-state index in [1.165, 1.54) is 16.3 Å². The molecule has 0 saturated heterocycles. The van der Waals surface area contributed by atoms with Crippen molar-refractivity contribution in [2.75, 3.05) is 0 Å². The number of nitrogens with zero attached hydrogens (tertiary/aromatic N) is 6. The van der Waals surface area contributed by atoms with Gasteiger partial charge in [-0.3, -0.25) is 4.57 Å². The van der Waals surface area contributed by atoms with Crippen molar-refractivity contribution in [2.45, 2.75) is 0 Å². The van der Waals surface area contributed by atoms with Crippen LogP contribution in [0.4, 0.5) is 0 Å². The summed E-state index contributed by atoms with van der Waals surface area (Å²) in [5.74, 6) is 0.946. The molecular formula is C46H28N6O. The zero-order chi connectivity index (χ0) is 35.0. The fourth-order valence-electron chi connectivity index (χ4n) is 7.89. The SMILES string of the molecule is Oc1ccccc1-c1ccc2ccc3ccc(-c4cc(-n5c6ccccc6c6cc7c(cc65)c5ccccc5n7-c5ccccc5)ncn4)nc3c2n1. The quantitative estimate of drug-likeness (QED) is 0.187. The van der Waals surface area contributed by atoms with E-state index in [9.17, 15) is 5.11 Å². The molecule has 7 heteroatoms. The number of aromatic hydroxyl groups is 1. The number of hydrogen-bond donors (Lipinski definition) is 1. The van der Waals surface area contributed by atoms with E-state index in [1.807, 2.05) is 42.5 Å². The zero-order valence-electron chi connectivity index (χ0n) is 28.2. The van der Waals surface area contributed by atoms with Crippen LogP contribution in [0.1, 0.15) is 0 Å². The van der Waals surface area contributed by atoms with Crippen LogP contribution >= 0.6 is 0 Å². The van der Waals surface area contributed by atoms with Crippen molar-refractivity contribution in [1.29, 1.82) is 0 Å². The molecule has 7 nitrogen and oxygen atoms in total. The highest BCUT2D eigenvalue weighted by atomic mass is 16.3. The second-order valence-corrected chi connectivity index (χ2v) is 13.3. The van der Waals surface area contributed by atoms with E-state index in [1.54, 1.807) is 12.4 Å². The summed E-state index contributed by atoms with van der Waals surface area (Å²) in [6.45, 7) is 0. The molecule has 1 N–H and O–H groups in total. The van der Waals surface area contributed by atoms with Crippen molar-refractivity contribution in [3.63, 3.8) is 0 Å². The van der Waals surface area contributed by atoms with Gasteiger partial charge in [0, 0.05) is 49.6 Å². The zero-order valence-corrected chi connectivity index (χ0v) is 28.2. The fourth-order valence-corrected chi connectivity index (χ4v) is 7.89. The maximum Gasteiger partial charge on any atom is 0.141 e. The van der Waals surface area contributed by atoms with Crippen LogP contribution in [-0.2, 0) is 0 Å². The molecular weight excluding hydrogens is 653 g/mol. The van der Waals surface area contributed by atoms with Gasteiger partial charge in [0.2, 0.25) is 0 Å². The highest BCUT2D eigenvalue weighted by Gasteiger charge is 2.19. The van der Waals surface area contributed by atoms with E-state index in [4.69, 9.17) is 19.9 Å². The van der Waals surface area contributed by atoms with Gasteiger partial charge in [0.15, 0.2) is 0 Å². The third kappa shape index (κ3) is 4.47. The largest absolute Gasteiger partial charge is 0.507 e. The summed E-state index contributed by atoms with van der Waals surface area (Å²) in [6.07, 6.45) is 1.62. The van der Waals surface area contributed by atoms with Crippen LogP contribution in [0.5, 0.6) is 5.75 Å². The van der Waals surface area contributed by atoms with Crippen LogP contribution in [-0.4, -0.2) is 34.2 Å². The van der Waals surface area contributed by atoms with E-state index in [0.717, 1.165) is 66.3 Å². The molecule has 53 heavy (non-hydrogen) atoms. The van der Waals surface area contributed by atoms with E-state index >= 15 is 0 Å². The molecule has 6 aromatic carbocycles. The number of benzene rings is 6. The lowest BCUT2D eigenvalue weighted by atomic mass is 10.1. The number of rotatable bonds is 4. The van der Waals surface area contributed by atoms with E-state index in [0.29, 0.717) is 17.0 Å². The van der Waals surface area contributed by atoms with Gasteiger partial charge in [-0.25, -0.2) is 19.9 Å². The van der Waals surface area contributed by atoms with Crippen LogP contribution in [0.15, 0.2) is 164 Å². The molecule has 248 valence electrons. The normalized spacial score (nSPS) is 11.8. The van der Waals surface area contributed by atoms with E-state index in [2.05, 4.69) is 118 Å². The van der Waals surface area contributed by atoms with Crippen molar-refractivity contribution in [1.82, 2.24) is 29.1 Å². The van der Waals surface area contributed by atoms with Crippen molar-refractivity contribution < 1.29 is 5.11 Å². The van der Waals surface area contributed by atoms with Crippen LogP contribution in [0.25, 0.3) is 99.6 Å². The number of phenols is 1. The number of hydrogen-bond acceptors (Lipinski definition) is 5. The molecule has 0 amide bonds. The van der Waals surface area contributed by atoms with Crippen molar-refractivity contribution >= 4 is 65.4 Å². The van der Waals surface area contributed by atoms with E-state index < -0.39 is 0 Å². The summed E-state index contributed by atoms with van der Waals surface area (Å²) in [7, 11) is 0. The van der Waals surface area contributed by atoms with Gasteiger partial charge in [0.1, 0.15) is 17.9 Å². The van der Waals surface area contributed by atoms with Gasteiger partial charge in [-0.15, -0.1) is 0 Å². The summed E-state index contributed by atoms with van der Waals surface area (Å²) < 4.78 is 4.59. The molecule has 0 aliphatic carbocycles. The molecule has 0 atom stereocenters. The summed E-state index contributed by atoms with van der Waals surface area (Å²) >= 11 is 0. The van der Waals surface area contributed by atoms with Gasteiger partial charge in [-0.2, -0.15) is 0 Å². The molecule has 0 saturated carbocycles. The predicted octanol–water partition coefficient (Wildman–Crippen LogP) is 10.8. The van der Waals surface area contributed by atoms with E-state index in [-0.39, 0.29) is 5.75 Å². The standard InChI is InChI=1S/C46H28N6O/c53-43-17-9-6-14-33(43)36-22-20-28-18-19-29-21-23-37(50-46(29)45(28)49-36)38-26-44(48-27-47-38)52-40-16-8-5-13-32(40)35-24-41-34(25-42(35)52)31-12-4-7-15-39(31)51(41)30-10-2-1-3-11-30/h1-27,53H. The Bertz CT molecular complexity index is 3250. The predicted molar refractivity (Wildman–Crippen MR) is 214 cm³/mol. The number of fused-ring (bicyclic) bond motifs is 9. The van der Waals surface area contributed by atoms with Crippen LogP contribution in [0.3, 0.4) is 0 Å². The Morgan fingerprint density at radius 3 is 1.70 bits per heavy atom. The molecule has 11 rings (SSSR count). The molecule has 0 fully saturated rings. The first-order valence-electron chi connectivity index (χ1n) is 17.5. The van der Waals surface area contributed by atoms with Gasteiger partial charge in [0.05, 0.1) is 50.2 Å². The molecule has 5 heterocycles. The number of para-hydroxylation sites is 4. The number of aromatic nitrogens is 6. The Kier molecular flexibility index (Phi) is 6.27. The topological polar surface area (TPSA) is 81.7 Å². The summed E-state index contributed by atoms with van der Waals surface area (Å²) in [5, 5.41) is 17.2. The maximum atomic E-state index is 10.6. The van der Waals surface area contributed by atoms with Gasteiger partial charge in [-0.1, -0.05) is 91.0 Å². The minimum Gasteiger partial charge on any atom is -0.507 e. The molecule has 0 radical (unpaired) electrons. The minimum atomic E-state index is 0.189.